The average molecular weight is 357 g/mol. The van der Waals surface area contributed by atoms with Crippen molar-refractivity contribution in [2.75, 3.05) is 36.7 Å². The Kier molecular flexibility index (Phi) is 6.84. The van der Waals surface area contributed by atoms with E-state index in [1.54, 1.807) is 50.4 Å². The maximum absolute atomic E-state index is 12.2. The first-order valence-corrected chi connectivity index (χ1v) is 8.21. The Morgan fingerprint density at radius 1 is 0.923 bits per heavy atom. The molecule has 0 aliphatic heterocycles. The number of methoxy groups -OCH3 is 2. The first-order chi connectivity index (χ1) is 12.5. The molecule has 2 aromatic rings. The largest absolute Gasteiger partial charge is 0.497 e. The molecule has 0 aliphatic carbocycles. The molecule has 0 aromatic heterocycles. The van der Waals surface area contributed by atoms with Crippen LogP contribution in [-0.4, -0.2) is 32.6 Å². The van der Waals surface area contributed by atoms with E-state index >= 15 is 0 Å². The lowest BCUT2D eigenvalue weighted by molar-refractivity contribution is -0.116. The van der Waals surface area contributed by atoms with Crippen molar-refractivity contribution in [3.63, 3.8) is 0 Å². The van der Waals surface area contributed by atoms with Crippen molar-refractivity contribution in [3.8, 4) is 11.5 Å². The van der Waals surface area contributed by atoms with Gasteiger partial charge in [0.1, 0.15) is 11.5 Å². The molecule has 0 saturated heterocycles. The van der Waals surface area contributed by atoms with Crippen molar-refractivity contribution in [1.29, 1.82) is 0 Å². The summed E-state index contributed by atoms with van der Waals surface area (Å²) in [5.41, 5.74) is 1.94. The van der Waals surface area contributed by atoms with Gasteiger partial charge in [-0.15, -0.1) is 0 Å². The third kappa shape index (κ3) is 5.41. The Hall–Kier alpha value is -3.22. The highest BCUT2D eigenvalue weighted by Gasteiger charge is 2.09. The van der Waals surface area contributed by atoms with E-state index in [0.717, 1.165) is 5.69 Å². The smallest absolute Gasteiger partial charge is 0.243 e. The van der Waals surface area contributed by atoms with E-state index in [-0.39, 0.29) is 18.4 Å². The summed E-state index contributed by atoms with van der Waals surface area (Å²) in [5, 5.41) is 8.59. The topological polar surface area (TPSA) is 88.7 Å². The summed E-state index contributed by atoms with van der Waals surface area (Å²) in [4.78, 5) is 23.7. The molecule has 7 heteroatoms. The van der Waals surface area contributed by atoms with Gasteiger partial charge in [-0.2, -0.15) is 0 Å². The third-order valence-corrected chi connectivity index (χ3v) is 3.60. The van der Waals surface area contributed by atoms with Crippen LogP contribution in [0.4, 0.5) is 17.1 Å². The van der Waals surface area contributed by atoms with Crippen LogP contribution in [-0.2, 0) is 9.59 Å². The zero-order valence-corrected chi connectivity index (χ0v) is 15.1. The quantitative estimate of drug-likeness (QED) is 0.676. The van der Waals surface area contributed by atoms with Crippen molar-refractivity contribution >= 4 is 28.9 Å². The van der Waals surface area contributed by atoms with Gasteiger partial charge < -0.3 is 25.4 Å². The molecule has 0 saturated carbocycles. The van der Waals surface area contributed by atoms with Gasteiger partial charge in [-0.25, -0.2) is 0 Å². The van der Waals surface area contributed by atoms with Gasteiger partial charge in [-0.3, -0.25) is 9.59 Å². The number of ether oxygens (including phenoxy) is 2. The van der Waals surface area contributed by atoms with Crippen LogP contribution >= 0.6 is 0 Å². The van der Waals surface area contributed by atoms with Gasteiger partial charge in [0.15, 0.2) is 0 Å². The Labute approximate surface area is 152 Å². The van der Waals surface area contributed by atoms with Crippen molar-refractivity contribution in [3.05, 3.63) is 42.5 Å². The standard InChI is InChI=1S/C19H23N3O4/c1-4-18(23)21-14-7-5-6-13(10-14)20-12-19(24)22-16-11-15(25-2)8-9-17(16)26-3/h5-11,20H,4,12H2,1-3H3,(H,21,23)(H,22,24). The zero-order chi connectivity index (χ0) is 18.9. The summed E-state index contributed by atoms with van der Waals surface area (Å²) < 4.78 is 10.4. The molecule has 2 aromatic carbocycles. The van der Waals surface area contributed by atoms with Gasteiger partial charge >= 0.3 is 0 Å². The lowest BCUT2D eigenvalue weighted by atomic mass is 10.2. The molecule has 0 aliphatic rings. The summed E-state index contributed by atoms with van der Waals surface area (Å²) >= 11 is 0. The number of hydrogen-bond donors (Lipinski definition) is 3. The molecule has 138 valence electrons. The number of rotatable bonds is 8. The first-order valence-electron chi connectivity index (χ1n) is 8.21. The van der Waals surface area contributed by atoms with Gasteiger partial charge in [-0.05, 0) is 30.3 Å². The highest BCUT2D eigenvalue weighted by atomic mass is 16.5. The van der Waals surface area contributed by atoms with E-state index in [2.05, 4.69) is 16.0 Å². The fraction of sp³-hybridized carbons (Fsp3) is 0.263. The number of amides is 2. The molecule has 2 amide bonds. The fourth-order valence-electron chi connectivity index (χ4n) is 2.24. The Morgan fingerprint density at radius 2 is 1.69 bits per heavy atom. The minimum atomic E-state index is -0.237. The van der Waals surface area contributed by atoms with Gasteiger partial charge in [0, 0.05) is 23.9 Å². The van der Waals surface area contributed by atoms with E-state index < -0.39 is 0 Å². The van der Waals surface area contributed by atoms with Crippen molar-refractivity contribution < 1.29 is 19.1 Å². The van der Waals surface area contributed by atoms with Crippen LogP contribution in [0.25, 0.3) is 0 Å². The minimum Gasteiger partial charge on any atom is -0.497 e. The Balaban J connectivity index is 1.97. The highest BCUT2D eigenvalue weighted by Crippen LogP contribution is 2.28. The van der Waals surface area contributed by atoms with Crippen LogP contribution in [0.2, 0.25) is 0 Å². The number of nitrogens with one attached hydrogen (secondary N) is 3. The van der Waals surface area contributed by atoms with E-state index in [1.165, 1.54) is 7.11 Å². The summed E-state index contributed by atoms with van der Waals surface area (Å²) in [6, 6.07) is 12.4. The van der Waals surface area contributed by atoms with E-state index in [1.807, 2.05) is 6.07 Å². The van der Waals surface area contributed by atoms with Crippen LogP contribution in [0.3, 0.4) is 0 Å². The Morgan fingerprint density at radius 3 is 2.38 bits per heavy atom. The van der Waals surface area contributed by atoms with E-state index in [4.69, 9.17) is 9.47 Å². The molecule has 3 N–H and O–H groups in total. The molecule has 0 radical (unpaired) electrons. The number of carbonyl (C=O) groups is 2. The maximum atomic E-state index is 12.2. The molecule has 0 atom stereocenters. The zero-order valence-electron chi connectivity index (χ0n) is 15.1. The lowest BCUT2D eigenvalue weighted by Gasteiger charge is -2.13. The molecule has 0 heterocycles. The maximum Gasteiger partial charge on any atom is 0.243 e. The van der Waals surface area contributed by atoms with Crippen LogP contribution < -0.4 is 25.4 Å². The summed E-state index contributed by atoms with van der Waals surface area (Å²) in [6.07, 6.45) is 0.405. The molecule has 0 unspecified atom stereocenters. The van der Waals surface area contributed by atoms with E-state index in [9.17, 15) is 9.59 Å². The first kappa shape index (κ1) is 19.1. The third-order valence-electron chi connectivity index (χ3n) is 3.60. The predicted octanol–water partition coefficient (Wildman–Crippen LogP) is 3.10. The summed E-state index contributed by atoms with van der Waals surface area (Å²) in [7, 11) is 3.09. The SMILES string of the molecule is CCC(=O)Nc1cccc(NCC(=O)Nc2cc(OC)ccc2OC)c1. The highest BCUT2D eigenvalue weighted by molar-refractivity contribution is 5.95. The molecule has 2 rings (SSSR count). The minimum absolute atomic E-state index is 0.0611. The van der Waals surface area contributed by atoms with Crippen molar-refractivity contribution in [1.82, 2.24) is 0 Å². The molecule has 0 fully saturated rings. The Bertz CT molecular complexity index is 777. The van der Waals surface area contributed by atoms with E-state index in [0.29, 0.717) is 29.3 Å². The fourth-order valence-corrected chi connectivity index (χ4v) is 2.24. The molecular weight excluding hydrogens is 334 g/mol. The van der Waals surface area contributed by atoms with Crippen molar-refractivity contribution in [2.24, 2.45) is 0 Å². The van der Waals surface area contributed by atoms with Gasteiger partial charge in [0.25, 0.3) is 0 Å². The van der Waals surface area contributed by atoms with Crippen LogP contribution in [0, 0.1) is 0 Å². The van der Waals surface area contributed by atoms with Gasteiger partial charge in [0.05, 0.1) is 26.5 Å². The van der Waals surface area contributed by atoms with Crippen LogP contribution in [0.15, 0.2) is 42.5 Å². The molecule has 0 bridgehead atoms. The predicted molar refractivity (Wildman–Crippen MR) is 102 cm³/mol. The second-order valence-electron chi connectivity index (χ2n) is 5.45. The molecule has 7 nitrogen and oxygen atoms in total. The molecule has 0 spiro atoms. The number of hydrogen-bond acceptors (Lipinski definition) is 5. The molecule has 26 heavy (non-hydrogen) atoms. The van der Waals surface area contributed by atoms with Crippen LogP contribution in [0.5, 0.6) is 11.5 Å². The average Bonchev–Trinajstić information content (AvgIpc) is 2.66. The summed E-state index contributed by atoms with van der Waals surface area (Å²) in [6.45, 7) is 1.85. The second-order valence-corrected chi connectivity index (χ2v) is 5.45. The number of benzene rings is 2. The normalized spacial score (nSPS) is 9.96. The second kappa shape index (κ2) is 9.31. The number of carbonyl (C=O) groups excluding carboxylic acids is 2. The van der Waals surface area contributed by atoms with Crippen LogP contribution in [0.1, 0.15) is 13.3 Å². The number of anilines is 3. The lowest BCUT2D eigenvalue weighted by Crippen LogP contribution is -2.22. The summed E-state index contributed by atoms with van der Waals surface area (Å²) in [5.74, 6) is 0.862. The van der Waals surface area contributed by atoms with Gasteiger partial charge in [0.2, 0.25) is 11.8 Å². The van der Waals surface area contributed by atoms with Gasteiger partial charge in [-0.1, -0.05) is 13.0 Å². The monoisotopic (exact) mass is 357 g/mol. The molecular formula is C19H23N3O4. The van der Waals surface area contributed by atoms with Crippen molar-refractivity contribution in [2.45, 2.75) is 13.3 Å².